The number of nitrogens with one attached hydrogen (secondary N) is 1. The van der Waals surface area contributed by atoms with Crippen molar-refractivity contribution < 1.29 is 8.42 Å². The lowest BCUT2D eigenvalue weighted by molar-refractivity contribution is 0.277. The van der Waals surface area contributed by atoms with E-state index >= 15 is 0 Å². The van der Waals surface area contributed by atoms with Gasteiger partial charge in [0.1, 0.15) is 0 Å². The minimum Gasteiger partial charge on any atom is -0.309 e. The largest absolute Gasteiger partial charge is 0.309 e. The van der Waals surface area contributed by atoms with Crippen LogP contribution in [0.5, 0.6) is 0 Å². The lowest BCUT2D eigenvalue weighted by Gasteiger charge is -2.28. The maximum atomic E-state index is 11.5. The average molecular weight is 264 g/mol. The summed E-state index contributed by atoms with van der Waals surface area (Å²) in [5.74, 6) is 0.934. The third-order valence-corrected chi connectivity index (χ3v) is 4.70. The van der Waals surface area contributed by atoms with E-state index in [-0.39, 0.29) is 17.5 Å². The van der Waals surface area contributed by atoms with Gasteiger partial charge >= 0.3 is 0 Å². The molecule has 0 radical (unpaired) electrons. The highest BCUT2D eigenvalue weighted by Crippen LogP contribution is 2.05. The fourth-order valence-electron chi connectivity index (χ4n) is 1.76. The van der Waals surface area contributed by atoms with Crippen LogP contribution in [0.4, 0.5) is 0 Å². The number of hydrogen-bond acceptors (Lipinski definition) is 4. The van der Waals surface area contributed by atoms with Crippen molar-refractivity contribution in [2.75, 3.05) is 32.1 Å². The zero-order valence-electron chi connectivity index (χ0n) is 12.0. The van der Waals surface area contributed by atoms with E-state index in [0.29, 0.717) is 12.0 Å². The second-order valence-corrected chi connectivity index (χ2v) is 7.78. The number of nitrogens with zero attached hydrogens (tertiary/aromatic N) is 1. The molecule has 0 rings (SSSR count). The molecule has 0 saturated heterocycles. The molecule has 2 atom stereocenters. The van der Waals surface area contributed by atoms with Crippen LogP contribution in [0.1, 0.15) is 27.7 Å². The summed E-state index contributed by atoms with van der Waals surface area (Å²) in [5.41, 5.74) is 0. The molecule has 1 N–H and O–H groups in total. The molecule has 0 heterocycles. The topological polar surface area (TPSA) is 49.4 Å². The van der Waals surface area contributed by atoms with Gasteiger partial charge in [0.2, 0.25) is 0 Å². The molecule has 0 saturated carbocycles. The highest BCUT2D eigenvalue weighted by molar-refractivity contribution is 7.91. The molecule has 0 aliphatic rings. The Labute approximate surface area is 107 Å². The summed E-state index contributed by atoms with van der Waals surface area (Å²) in [5, 5.41) is 3.42. The molecule has 0 amide bonds. The molecule has 17 heavy (non-hydrogen) atoms. The van der Waals surface area contributed by atoms with Crippen LogP contribution in [0.2, 0.25) is 0 Å². The molecule has 2 unspecified atom stereocenters. The fraction of sp³-hybridized carbons (Fsp3) is 1.00. The number of sulfone groups is 1. The maximum Gasteiger partial charge on any atom is 0.151 e. The van der Waals surface area contributed by atoms with E-state index in [1.54, 1.807) is 6.92 Å². The van der Waals surface area contributed by atoms with Gasteiger partial charge in [0.25, 0.3) is 0 Å². The zero-order chi connectivity index (χ0) is 13.6. The second-order valence-electron chi connectivity index (χ2n) is 5.38. The molecule has 0 aromatic carbocycles. The summed E-state index contributed by atoms with van der Waals surface area (Å²) in [4.78, 5) is 2.12. The Bertz CT molecular complexity index is 300. The van der Waals surface area contributed by atoms with Crippen LogP contribution in [-0.4, -0.2) is 57.5 Å². The summed E-state index contributed by atoms with van der Waals surface area (Å²) < 4.78 is 23.1. The quantitative estimate of drug-likeness (QED) is 0.710. The van der Waals surface area contributed by atoms with Crippen molar-refractivity contribution in [3.63, 3.8) is 0 Å². The van der Waals surface area contributed by atoms with Crippen molar-refractivity contribution in [2.45, 2.75) is 39.8 Å². The van der Waals surface area contributed by atoms with Gasteiger partial charge in [0.05, 0.1) is 5.75 Å². The van der Waals surface area contributed by atoms with Crippen molar-refractivity contribution in [3.05, 3.63) is 0 Å². The zero-order valence-corrected chi connectivity index (χ0v) is 12.8. The van der Waals surface area contributed by atoms with E-state index in [1.807, 2.05) is 21.0 Å². The van der Waals surface area contributed by atoms with Crippen LogP contribution in [0.25, 0.3) is 0 Å². The molecule has 104 valence electrons. The Balaban J connectivity index is 4.36. The summed E-state index contributed by atoms with van der Waals surface area (Å²) in [6, 6.07) is 0.333. The van der Waals surface area contributed by atoms with Crippen LogP contribution in [0.15, 0.2) is 0 Å². The molecule has 0 bridgehead atoms. The molecule has 0 aliphatic heterocycles. The monoisotopic (exact) mass is 264 g/mol. The van der Waals surface area contributed by atoms with E-state index in [9.17, 15) is 8.42 Å². The first-order chi connectivity index (χ1) is 7.68. The van der Waals surface area contributed by atoms with E-state index < -0.39 is 9.84 Å². The van der Waals surface area contributed by atoms with Crippen LogP contribution >= 0.6 is 0 Å². The summed E-state index contributed by atoms with van der Waals surface area (Å²) in [6.45, 7) is 8.87. The Hall–Kier alpha value is -0.130. The highest BCUT2D eigenvalue weighted by Gasteiger charge is 2.20. The van der Waals surface area contributed by atoms with E-state index in [0.717, 1.165) is 6.54 Å². The highest BCUT2D eigenvalue weighted by atomic mass is 32.2. The Morgan fingerprint density at radius 3 is 2.06 bits per heavy atom. The number of likely N-dealkylation sites (N-methyl/N-ethyl adjacent to an activating group) is 1. The van der Waals surface area contributed by atoms with Gasteiger partial charge in [0, 0.05) is 24.4 Å². The Morgan fingerprint density at radius 1 is 1.18 bits per heavy atom. The third-order valence-electron chi connectivity index (χ3n) is 2.81. The lowest BCUT2D eigenvalue weighted by atomic mass is 10.0. The van der Waals surface area contributed by atoms with Crippen LogP contribution in [0, 0.1) is 5.92 Å². The second kappa shape index (κ2) is 7.34. The number of rotatable bonds is 8. The normalized spacial score (nSPS) is 16.5. The van der Waals surface area contributed by atoms with Crippen molar-refractivity contribution in [1.29, 1.82) is 0 Å². The van der Waals surface area contributed by atoms with Crippen LogP contribution in [-0.2, 0) is 9.84 Å². The maximum absolute atomic E-state index is 11.5. The van der Waals surface area contributed by atoms with Gasteiger partial charge < -0.3 is 10.2 Å². The summed E-state index contributed by atoms with van der Waals surface area (Å²) >= 11 is 0. The predicted octanol–water partition coefficient (Wildman–Crippen LogP) is 0.985. The Morgan fingerprint density at radius 2 is 1.71 bits per heavy atom. The molecule has 0 aromatic rings. The Kier molecular flexibility index (Phi) is 7.28. The molecule has 0 aromatic heterocycles. The smallest absolute Gasteiger partial charge is 0.151 e. The van der Waals surface area contributed by atoms with Crippen molar-refractivity contribution in [3.8, 4) is 0 Å². The third kappa shape index (κ3) is 7.73. The number of hydrogen-bond donors (Lipinski definition) is 1. The summed E-state index contributed by atoms with van der Waals surface area (Å²) in [7, 11) is 1.17. The van der Waals surface area contributed by atoms with Gasteiger partial charge in [-0.25, -0.2) is 8.42 Å². The first kappa shape index (κ1) is 16.9. The standard InChI is InChI=1S/C12H28N2O2S/c1-7-17(15,16)9-11(4)13-12(10(2)3)8-14(5)6/h10-13H,7-9H2,1-6H3. The minimum absolute atomic E-state index is 0.00676. The first-order valence-electron chi connectivity index (χ1n) is 6.29. The lowest BCUT2D eigenvalue weighted by Crippen LogP contribution is -2.48. The first-order valence-corrected chi connectivity index (χ1v) is 8.11. The predicted molar refractivity (Wildman–Crippen MR) is 74.1 cm³/mol. The fourth-order valence-corrected chi connectivity index (χ4v) is 2.86. The van der Waals surface area contributed by atoms with E-state index in [1.165, 1.54) is 0 Å². The molecular weight excluding hydrogens is 236 g/mol. The molecule has 5 heteroatoms. The van der Waals surface area contributed by atoms with E-state index in [4.69, 9.17) is 0 Å². The van der Waals surface area contributed by atoms with Crippen LogP contribution < -0.4 is 5.32 Å². The van der Waals surface area contributed by atoms with Crippen LogP contribution in [0.3, 0.4) is 0 Å². The van der Waals surface area contributed by atoms with Crippen molar-refractivity contribution in [2.24, 2.45) is 5.92 Å². The van der Waals surface area contributed by atoms with Gasteiger partial charge in [-0.3, -0.25) is 0 Å². The van der Waals surface area contributed by atoms with Crippen molar-refractivity contribution in [1.82, 2.24) is 10.2 Å². The van der Waals surface area contributed by atoms with Gasteiger partial charge in [-0.1, -0.05) is 20.8 Å². The molecule has 0 aliphatic carbocycles. The van der Waals surface area contributed by atoms with Gasteiger partial charge in [-0.2, -0.15) is 0 Å². The molecular formula is C12H28N2O2S. The molecule has 0 fully saturated rings. The molecule has 0 spiro atoms. The van der Waals surface area contributed by atoms with E-state index in [2.05, 4.69) is 24.1 Å². The minimum atomic E-state index is -2.89. The van der Waals surface area contributed by atoms with Crippen molar-refractivity contribution >= 4 is 9.84 Å². The van der Waals surface area contributed by atoms with Gasteiger partial charge in [0.15, 0.2) is 9.84 Å². The van der Waals surface area contributed by atoms with Gasteiger partial charge in [-0.15, -0.1) is 0 Å². The molecule has 4 nitrogen and oxygen atoms in total. The SMILES string of the molecule is CCS(=O)(=O)CC(C)NC(CN(C)C)C(C)C. The van der Waals surface area contributed by atoms with Gasteiger partial charge in [-0.05, 0) is 26.9 Å². The average Bonchev–Trinajstić information content (AvgIpc) is 2.15. The summed E-state index contributed by atoms with van der Waals surface area (Å²) in [6.07, 6.45) is 0.